The largest absolute Gasteiger partial charge is 0.360 e. The summed E-state index contributed by atoms with van der Waals surface area (Å²) in [4.78, 5) is 4.33. The number of fused-ring (bicyclic) bond motifs is 1. The molecule has 150 valence electrons. The first kappa shape index (κ1) is 19.4. The van der Waals surface area contributed by atoms with Crippen molar-refractivity contribution in [3.05, 3.63) is 77.6 Å². The molecular weight excluding hydrogens is 388 g/mol. The van der Waals surface area contributed by atoms with Crippen molar-refractivity contribution in [3.8, 4) is 0 Å². The van der Waals surface area contributed by atoms with Gasteiger partial charge in [0.2, 0.25) is 10.0 Å². The highest BCUT2D eigenvalue weighted by Gasteiger charge is 2.27. The summed E-state index contributed by atoms with van der Waals surface area (Å²) in [5, 5.41) is 4.85. The Hall–Kier alpha value is -2.97. The number of hydrogen-bond donors (Lipinski definition) is 1. The fraction of sp³-hybridized carbons (Fsp3) is 0.238. The lowest BCUT2D eigenvalue weighted by Crippen LogP contribution is -2.29. The van der Waals surface area contributed by atoms with Gasteiger partial charge in [0, 0.05) is 49.0 Å². The van der Waals surface area contributed by atoms with Gasteiger partial charge >= 0.3 is 0 Å². The third kappa shape index (κ3) is 3.56. The SMILES string of the molecule is Cc1noc(C)c1S(=O)(=O)NCC(c1cccnc1)c1cn(C)c2ccccc12. The lowest BCUT2D eigenvalue weighted by atomic mass is 9.92. The summed E-state index contributed by atoms with van der Waals surface area (Å²) in [7, 11) is -1.78. The van der Waals surface area contributed by atoms with Crippen molar-refractivity contribution < 1.29 is 12.9 Å². The predicted molar refractivity (Wildman–Crippen MR) is 110 cm³/mol. The highest BCUT2D eigenvalue weighted by molar-refractivity contribution is 7.89. The van der Waals surface area contributed by atoms with Crippen LogP contribution in [0.5, 0.6) is 0 Å². The second-order valence-electron chi connectivity index (χ2n) is 7.06. The minimum atomic E-state index is -3.77. The molecule has 0 bridgehead atoms. The van der Waals surface area contributed by atoms with Crippen LogP contribution >= 0.6 is 0 Å². The average Bonchev–Trinajstić information content (AvgIpc) is 3.23. The number of benzene rings is 1. The molecule has 0 saturated heterocycles. The van der Waals surface area contributed by atoms with E-state index in [0.717, 1.165) is 22.0 Å². The van der Waals surface area contributed by atoms with Gasteiger partial charge in [-0.25, -0.2) is 13.1 Å². The second-order valence-corrected chi connectivity index (χ2v) is 8.76. The van der Waals surface area contributed by atoms with Crippen molar-refractivity contribution in [1.82, 2.24) is 19.4 Å². The first-order valence-corrected chi connectivity index (χ1v) is 10.7. The molecule has 1 atom stereocenters. The van der Waals surface area contributed by atoms with Crippen molar-refractivity contribution in [3.63, 3.8) is 0 Å². The number of nitrogens with zero attached hydrogens (tertiary/aromatic N) is 3. The van der Waals surface area contributed by atoms with Gasteiger partial charge in [-0.15, -0.1) is 0 Å². The zero-order chi connectivity index (χ0) is 20.6. The highest BCUT2D eigenvalue weighted by atomic mass is 32.2. The Kier molecular flexibility index (Phi) is 4.97. The Balaban J connectivity index is 1.75. The molecule has 0 fully saturated rings. The van der Waals surface area contributed by atoms with E-state index in [2.05, 4.69) is 25.5 Å². The third-order valence-electron chi connectivity index (χ3n) is 5.10. The Morgan fingerprint density at radius 2 is 1.97 bits per heavy atom. The Labute approximate surface area is 169 Å². The molecule has 3 aromatic heterocycles. The van der Waals surface area contributed by atoms with Crippen LogP contribution in [0.25, 0.3) is 10.9 Å². The van der Waals surface area contributed by atoms with E-state index in [1.807, 2.05) is 43.6 Å². The molecule has 4 aromatic rings. The number of nitrogens with one attached hydrogen (secondary N) is 1. The Bertz CT molecular complexity index is 1240. The monoisotopic (exact) mass is 410 g/mol. The maximum atomic E-state index is 12.9. The van der Waals surface area contributed by atoms with Crippen LogP contribution in [0.15, 0.2) is 64.4 Å². The zero-order valence-electron chi connectivity index (χ0n) is 16.5. The van der Waals surface area contributed by atoms with Gasteiger partial charge in [0.05, 0.1) is 0 Å². The smallest absolute Gasteiger partial charge is 0.245 e. The molecule has 7 nitrogen and oxygen atoms in total. The molecule has 29 heavy (non-hydrogen) atoms. The van der Waals surface area contributed by atoms with Crippen LogP contribution in [0, 0.1) is 13.8 Å². The third-order valence-corrected chi connectivity index (χ3v) is 6.77. The van der Waals surface area contributed by atoms with E-state index in [4.69, 9.17) is 4.52 Å². The van der Waals surface area contributed by atoms with Gasteiger partial charge in [-0.2, -0.15) is 0 Å². The summed E-state index contributed by atoms with van der Waals surface area (Å²) in [6.07, 6.45) is 5.53. The lowest BCUT2D eigenvalue weighted by molar-refractivity contribution is 0.390. The van der Waals surface area contributed by atoms with Gasteiger partial charge in [0.15, 0.2) is 5.76 Å². The molecule has 8 heteroatoms. The van der Waals surface area contributed by atoms with Crippen molar-refractivity contribution >= 4 is 20.9 Å². The topological polar surface area (TPSA) is 90.0 Å². The summed E-state index contributed by atoms with van der Waals surface area (Å²) >= 11 is 0. The van der Waals surface area contributed by atoms with Gasteiger partial charge in [0.25, 0.3) is 0 Å². The van der Waals surface area contributed by atoms with E-state index in [0.29, 0.717) is 5.69 Å². The molecule has 3 heterocycles. The number of aromatic nitrogens is 3. The Morgan fingerprint density at radius 3 is 2.66 bits per heavy atom. The van der Waals surface area contributed by atoms with E-state index in [9.17, 15) is 8.42 Å². The molecule has 0 amide bonds. The summed E-state index contributed by atoms with van der Waals surface area (Å²) in [6.45, 7) is 3.40. The number of pyridine rings is 1. The van der Waals surface area contributed by atoms with Gasteiger partial charge < -0.3 is 9.09 Å². The number of aryl methyl sites for hydroxylation is 3. The van der Waals surface area contributed by atoms with Crippen LogP contribution in [-0.2, 0) is 17.1 Å². The summed E-state index contributed by atoms with van der Waals surface area (Å²) in [5.41, 5.74) is 3.41. The Morgan fingerprint density at radius 1 is 1.17 bits per heavy atom. The molecule has 0 aliphatic carbocycles. The van der Waals surface area contributed by atoms with Crippen LogP contribution in [0.2, 0.25) is 0 Å². The van der Waals surface area contributed by atoms with Crippen LogP contribution < -0.4 is 4.72 Å². The first-order chi connectivity index (χ1) is 13.9. The molecule has 0 radical (unpaired) electrons. The number of sulfonamides is 1. The predicted octanol–water partition coefficient (Wildman–Crippen LogP) is 3.29. The van der Waals surface area contributed by atoms with Gasteiger partial charge in [0.1, 0.15) is 10.6 Å². The molecule has 1 aromatic carbocycles. The minimum absolute atomic E-state index is 0.0976. The lowest BCUT2D eigenvalue weighted by Gasteiger charge is -2.18. The van der Waals surface area contributed by atoms with E-state index in [1.165, 1.54) is 0 Å². The quantitative estimate of drug-likeness (QED) is 0.527. The van der Waals surface area contributed by atoms with Crippen LogP contribution in [0.3, 0.4) is 0 Å². The average molecular weight is 410 g/mol. The van der Waals surface area contributed by atoms with Gasteiger partial charge in [-0.1, -0.05) is 29.4 Å². The molecule has 0 aliphatic rings. The summed E-state index contributed by atoms with van der Waals surface area (Å²) in [6, 6.07) is 11.9. The van der Waals surface area contributed by atoms with Crippen LogP contribution in [0.1, 0.15) is 28.5 Å². The van der Waals surface area contributed by atoms with E-state index >= 15 is 0 Å². The van der Waals surface area contributed by atoms with Crippen molar-refractivity contribution in [1.29, 1.82) is 0 Å². The van der Waals surface area contributed by atoms with Crippen molar-refractivity contribution in [2.24, 2.45) is 7.05 Å². The number of para-hydroxylation sites is 1. The maximum absolute atomic E-state index is 12.9. The molecule has 0 saturated carbocycles. The van der Waals surface area contributed by atoms with Crippen LogP contribution in [0.4, 0.5) is 0 Å². The molecule has 0 aliphatic heterocycles. The first-order valence-electron chi connectivity index (χ1n) is 9.25. The number of rotatable bonds is 6. The van der Waals surface area contributed by atoms with E-state index < -0.39 is 10.0 Å². The number of hydrogen-bond acceptors (Lipinski definition) is 5. The molecule has 4 rings (SSSR count). The minimum Gasteiger partial charge on any atom is -0.360 e. The molecule has 1 unspecified atom stereocenters. The van der Waals surface area contributed by atoms with Gasteiger partial charge in [-0.05, 0) is 37.1 Å². The zero-order valence-corrected chi connectivity index (χ0v) is 17.3. The fourth-order valence-corrected chi connectivity index (χ4v) is 5.14. The van der Waals surface area contributed by atoms with Gasteiger partial charge in [-0.3, -0.25) is 4.98 Å². The van der Waals surface area contributed by atoms with Crippen molar-refractivity contribution in [2.45, 2.75) is 24.7 Å². The van der Waals surface area contributed by atoms with E-state index in [-0.39, 0.29) is 23.1 Å². The van der Waals surface area contributed by atoms with Crippen LogP contribution in [-0.4, -0.2) is 29.7 Å². The summed E-state index contributed by atoms with van der Waals surface area (Å²) in [5.74, 6) is 0.0723. The normalized spacial score (nSPS) is 13.1. The molecule has 0 spiro atoms. The van der Waals surface area contributed by atoms with E-state index in [1.54, 1.807) is 26.2 Å². The highest BCUT2D eigenvalue weighted by Crippen LogP contribution is 2.32. The van der Waals surface area contributed by atoms with Crippen molar-refractivity contribution in [2.75, 3.05) is 6.54 Å². The standard InChI is InChI=1S/C21H22N4O3S/c1-14-21(15(2)28-24-14)29(26,27)23-12-18(16-7-6-10-22-11-16)19-13-25(3)20-9-5-4-8-17(19)20/h4-11,13,18,23H,12H2,1-3H3. The molecule has 1 N–H and O–H groups in total. The second kappa shape index (κ2) is 7.46. The molecular formula is C21H22N4O3S. The summed E-state index contributed by atoms with van der Waals surface area (Å²) < 4.78 is 35.7. The maximum Gasteiger partial charge on any atom is 0.245 e. The fourth-order valence-electron chi connectivity index (χ4n) is 3.76.